The van der Waals surface area contributed by atoms with Gasteiger partial charge in [-0.25, -0.2) is 0 Å². The number of hydrogen-bond donors (Lipinski definition) is 1. The minimum Gasteiger partial charge on any atom is -0.399 e. The Morgan fingerprint density at radius 2 is 2.00 bits per heavy atom. The van der Waals surface area contributed by atoms with Crippen LogP contribution in [0.15, 0.2) is 33.6 Å². The van der Waals surface area contributed by atoms with Gasteiger partial charge < -0.3 is 10.6 Å². The van der Waals surface area contributed by atoms with Crippen molar-refractivity contribution in [1.82, 2.24) is 4.90 Å². The molecule has 20 heavy (non-hydrogen) atoms. The van der Waals surface area contributed by atoms with Gasteiger partial charge in [0.2, 0.25) is 0 Å². The number of sulfonamides is 1. The second-order valence-corrected chi connectivity index (χ2v) is 6.60. The average molecular weight is 295 g/mol. The lowest BCUT2D eigenvalue weighted by Gasteiger charge is -2.18. The van der Waals surface area contributed by atoms with Gasteiger partial charge in [-0.1, -0.05) is 13.3 Å². The van der Waals surface area contributed by atoms with E-state index >= 15 is 0 Å². The van der Waals surface area contributed by atoms with Crippen LogP contribution in [0.2, 0.25) is 0 Å². The van der Waals surface area contributed by atoms with Crippen molar-refractivity contribution < 1.29 is 8.42 Å². The van der Waals surface area contributed by atoms with Gasteiger partial charge in [-0.15, -0.1) is 4.40 Å². The lowest BCUT2D eigenvalue weighted by Crippen LogP contribution is -2.26. The van der Waals surface area contributed by atoms with Gasteiger partial charge in [0.15, 0.2) is 0 Å². The van der Waals surface area contributed by atoms with Crippen LogP contribution >= 0.6 is 0 Å². The first-order valence-electron chi connectivity index (χ1n) is 6.97. The molecule has 1 aromatic carbocycles. The van der Waals surface area contributed by atoms with E-state index in [4.69, 9.17) is 5.73 Å². The number of rotatable bonds is 5. The fraction of sp³-hybridized carbons (Fsp3) is 0.500. The topological polar surface area (TPSA) is 75.8 Å². The Balaban J connectivity index is 2.21. The first-order valence-corrected chi connectivity index (χ1v) is 8.41. The molecule has 0 radical (unpaired) electrons. The maximum Gasteiger partial charge on any atom is 0.283 e. The Morgan fingerprint density at radius 1 is 1.30 bits per heavy atom. The Bertz CT molecular complexity index is 579. The van der Waals surface area contributed by atoms with Crippen molar-refractivity contribution in [3.8, 4) is 0 Å². The van der Waals surface area contributed by atoms with Gasteiger partial charge in [0, 0.05) is 25.2 Å². The third-order valence-electron chi connectivity index (χ3n) is 3.38. The number of unbranched alkanes of at least 4 members (excludes halogenated alkanes) is 1. The molecule has 5 nitrogen and oxygen atoms in total. The molecule has 0 amide bonds. The van der Waals surface area contributed by atoms with Crippen LogP contribution in [0.3, 0.4) is 0 Å². The standard InChI is InChI=1S/C14H21N3O2S/c1-2-3-10-17-11-4-5-14(17)16-20(18,19)13-8-6-12(15)7-9-13/h6-9H,2-5,10-11,15H2,1H3/b16-14-. The van der Waals surface area contributed by atoms with Crippen LogP contribution in [0.5, 0.6) is 0 Å². The summed E-state index contributed by atoms with van der Waals surface area (Å²) < 4.78 is 28.5. The Labute approximate surface area is 120 Å². The van der Waals surface area contributed by atoms with Crippen LogP contribution in [0.25, 0.3) is 0 Å². The summed E-state index contributed by atoms with van der Waals surface area (Å²) in [5.41, 5.74) is 6.12. The van der Waals surface area contributed by atoms with E-state index in [2.05, 4.69) is 16.2 Å². The van der Waals surface area contributed by atoms with E-state index in [0.29, 0.717) is 11.5 Å². The van der Waals surface area contributed by atoms with Gasteiger partial charge in [0.1, 0.15) is 5.84 Å². The summed E-state index contributed by atoms with van der Waals surface area (Å²) in [5.74, 6) is 0.690. The molecule has 2 rings (SSSR count). The number of amidine groups is 1. The van der Waals surface area contributed by atoms with E-state index in [1.54, 1.807) is 12.1 Å². The summed E-state index contributed by atoms with van der Waals surface area (Å²) in [5, 5.41) is 0. The third kappa shape index (κ3) is 3.50. The molecule has 0 aliphatic carbocycles. The quantitative estimate of drug-likeness (QED) is 0.845. The molecular weight excluding hydrogens is 274 g/mol. The predicted molar refractivity (Wildman–Crippen MR) is 81.2 cm³/mol. The number of nitrogens with two attached hydrogens (primary N) is 1. The van der Waals surface area contributed by atoms with Gasteiger partial charge in [-0.05, 0) is 37.1 Å². The molecular formula is C14H21N3O2S. The van der Waals surface area contributed by atoms with E-state index in [9.17, 15) is 8.42 Å². The van der Waals surface area contributed by atoms with E-state index in [1.165, 1.54) is 12.1 Å². The van der Waals surface area contributed by atoms with Crippen molar-refractivity contribution in [3.05, 3.63) is 24.3 Å². The first kappa shape index (κ1) is 14.8. The molecule has 0 unspecified atom stereocenters. The number of nitrogen functional groups attached to an aromatic ring is 1. The third-order valence-corrected chi connectivity index (χ3v) is 4.70. The van der Waals surface area contributed by atoms with E-state index in [-0.39, 0.29) is 4.90 Å². The van der Waals surface area contributed by atoms with Gasteiger partial charge in [-0.3, -0.25) is 0 Å². The zero-order valence-corrected chi connectivity index (χ0v) is 12.6. The maximum atomic E-state index is 12.3. The Hall–Kier alpha value is -1.56. The SMILES string of the molecule is CCCCN1CCC/C1=N/S(=O)(=O)c1ccc(N)cc1. The summed E-state index contributed by atoms with van der Waals surface area (Å²) in [6.45, 7) is 3.90. The highest BCUT2D eigenvalue weighted by atomic mass is 32.2. The summed E-state index contributed by atoms with van der Waals surface area (Å²) in [4.78, 5) is 2.28. The zero-order chi connectivity index (χ0) is 14.6. The van der Waals surface area contributed by atoms with Gasteiger partial charge in [0.25, 0.3) is 10.0 Å². The number of anilines is 1. The largest absolute Gasteiger partial charge is 0.399 e. The summed E-state index contributed by atoms with van der Waals surface area (Å²) >= 11 is 0. The summed E-state index contributed by atoms with van der Waals surface area (Å²) in [6.07, 6.45) is 3.85. The number of nitrogens with zero attached hydrogens (tertiary/aromatic N) is 2. The predicted octanol–water partition coefficient (Wildman–Crippen LogP) is 2.25. The van der Waals surface area contributed by atoms with Gasteiger partial charge in [0.05, 0.1) is 4.90 Å². The maximum absolute atomic E-state index is 12.3. The monoisotopic (exact) mass is 295 g/mol. The Kier molecular flexibility index (Phi) is 4.65. The fourth-order valence-corrected chi connectivity index (χ4v) is 3.31. The van der Waals surface area contributed by atoms with Crippen LogP contribution in [-0.4, -0.2) is 32.2 Å². The first-order chi connectivity index (χ1) is 9.53. The van der Waals surface area contributed by atoms with Crippen LogP contribution in [0.4, 0.5) is 5.69 Å². The number of likely N-dealkylation sites (tertiary alicyclic amines) is 1. The molecule has 1 aromatic rings. The van der Waals surface area contributed by atoms with Crippen molar-refractivity contribution in [2.24, 2.45) is 4.40 Å². The van der Waals surface area contributed by atoms with Gasteiger partial charge >= 0.3 is 0 Å². The van der Waals surface area contributed by atoms with Crippen molar-refractivity contribution in [1.29, 1.82) is 0 Å². The lowest BCUT2D eigenvalue weighted by molar-refractivity contribution is 0.440. The summed E-state index contributed by atoms with van der Waals surface area (Å²) in [7, 11) is -3.63. The highest BCUT2D eigenvalue weighted by Gasteiger charge is 2.22. The molecule has 6 heteroatoms. The number of benzene rings is 1. The molecule has 0 spiro atoms. The molecule has 1 aliphatic rings. The normalized spacial score (nSPS) is 17.9. The highest BCUT2D eigenvalue weighted by Crippen LogP contribution is 2.19. The molecule has 0 saturated carbocycles. The lowest BCUT2D eigenvalue weighted by atomic mass is 10.3. The molecule has 110 valence electrons. The molecule has 1 heterocycles. The van der Waals surface area contributed by atoms with Gasteiger partial charge in [-0.2, -0.15) is 8.42 Å². The zero-order valence-electron chi connectivity index (χ0n) is 11.7. The van der Waals surface area contributed by atoms with E-state index in [1.807, 2.05) is 0 Å². The summed E-state index contributed by atoms with van der Waals surface area (Å²) in [6, 6.07) is 6.16. The molecule has 0 aromatic heterocycles. The fourth-order valence-electron chi connectivity index (χ4n) is 2.24. The van der Waals surface area contributed by atoms with Crippen molar-refractivity contribution >= 4 is 21.5 Å². The van der Waals surface area contributed by atoms with Crippen molar-refractivity contribution in [2.45, 2.75) is 37.5 Å². The van der Waals surface area contributed by atoms with Crippen LogP contribution in [-0.2, 0) is 10.0 Å². The second kappa shape index (κ2) is 6.26. The smallest absolute Gasteiger partial charge is 0.283 e. The molecule has 1 saturated heterocycles. The minimum atomic E-state index is -3.63. The molecule has 0 bridgehead atoms. The highest BCUT2D eigenvalue weighted by molar-refractivity contribution is 7.90. The molecule has 0 atom stereocenters. The number of hydrogen-bond acceptors (Lipinski definition) is 3. The molecule has 2 N–H and O–H groups in total. The van der Waals surface area contributed by atoms with Crippen LogP contribution < -0.4 is 5.73 Å². The van der Waals surface area contributed by atoms with E-state index in [0.717, 1.165) is 38.8 Å². The van der Waals surface area contributed by atoms with E-state index < -0.39 is 10.0 Å². The van der Waals surface area contributed by atoms with Crippen molar-refractivity contribution in [3.63, 3.8) is 0 Å². The molecule has 1 fully saturated rings. The van der Waals surface area contributed by atoms with Crippen molar-refractivity contribution in [2.75, 3.05) is 18.8 Å². The van der Waals surface area contributed by atoms with Crippen LogP contribution in [0, 0.1) is 0 Å². The van der Waals surface area contributed by atoms with Crippen LogP contribution in [0.1, 0.15) is 32.6 Å². The molecule has 1 aliphatic heterocycles. The second-order valence-electron chi connectivity index (χ2n) is 5.00. The minimum absolute atomic E-state index is 0.196. The average Bonchev–Trinajstić information content (AvgIpc) is 2.83. The Morgan fingerprint density at radius 3 is 2.65 bits per heavy atom.